The monoisotopic (exact) mass is 195 g/mol. The Hall–Kier alpha value is -2.27. The van der Waals surface area contributed by atoms with Crippen LogP contribution in [-0.4, -0.2) is 5.11 Å². The Morgan fingerprint density at radius 2 is 1.73 bits per heavy atom. The van der Waals surface area contributed by atoms with Gasteiger partial charge in [-0.25, -0.2) is 0 Å². The number of nitriles is 1. The zero-order valence-electron chi connectivity index (χ0n) is 8.01. The van der Waals surface area contributed by atoms with Crippen LogP contribution in [0.15, 0.2) is 48.5 Å². The minimum atomic E-state index is 0.117. The van der Waals surface area contributed by atoms with Crippen LogP contribution in [0.4, 0.5) is 0 Å². The van der Waals surface area contributed by atoms with Gasteiger partial charge in [-0.05, 0) is 29.3 Å². The van der Waals surface area contributed by atoms with E-state index in [4.69, 9.17) is 5.26 Å². The van der Waals surface area contributed by atoms with Crippen molar-refractivity contribution in [3.63, 3.8) is 0 Å². The van der Waals surface area contributed by atoms with Crippen molar-refractivity contribution in [3.8, 4) is 22.9 Å². The van der Waals surface area contributed by atoms with E-state index in [0.29, 0.717) is 5.56 Å². The quantitative estimate of drug-likeness (QED) is 0.760. The standard InChI is InChI=1S/C13H9NO/c14-9-11-8-12(15)6-7-13(11)10-4-2-1-3-5-10/h1-8,15H. The molecular weight excluding hydrogens is 186 g/mol. The SMILES string of the molecule is N#Cc1cc(O)ccc1-c1ccccc1. The Morgan fingerprint density at radius 3 is 2.40 bits per heavy atom. The highest BCUT2D eigenvalue weighted by atomic mass is 16.3. The number of rotatable bonds is 1. The van der Waals surface area contributed by atoms with Gasteiger partial charge in [0, 0.05) is 0 Å². The smallest absolute Gasteiger partial charge is 0.116 e. The van der Waals surface area contributed by atoms with E-state index < -0.39 is 0 Å². The van der Waals surface area contributed by atoms with Crippen molar-refractivity contribution >= 4 is 0 Å². The Bertz CT molecular complexity index is 512. The lowest BCUT2D eigenvalue weighted by molar-refractivity contribution is 0.475. The van der Waals surface area contributed by atoms with Gasteiger partial charge in [0.15, 0.2) is 0 Å². The van der Waals surface area contributed by atoms with E-state index in [2.05, 4.69) is 6.07 Å². The Labute approximate surface area is 88.0 Å². The van der Waals surface area contributed by atoms with Gasteiger partial charge < -0.3 is 5.11 Å². The molecule has 0 aromatic heterocycles. The molecule has 0 aliphatic carbocycles. The number of benzene rings is 2. The summed E-state index contributed by atoms with van der Waals surface area (Å²) in [6, 6.07) is 16.5. The maximum atomic E-state index is 9.26. The molecule has 0 spiro atoms. The van der Waals surface area contributed by atoms with E-state index in [9.17, 15) is 5.11 Å². The number of aromatic hydroxyl groups is 1. The minimum Gasteiger partial charge on any atom is -0.508 e. The van der Waals surface area contributed by atoms with Crippen LogP contribution < -0.4 is 0 Å². The van der Waals surface area contributed by atoms with Gasteiger partial charge in [-0.1, -0.05) is 30.3 Å². The lowest BCUT2D eigenvalue weighted by atomic mass is 10.0. The summed E-state index contributed by atoms with van der Waals surface area (Å²) in [5.74, 6) is 0.117. The normalized spacial score (nSPS) is 9.53. The second kappa shape index (κ2) is 3.85. The molecule has 2 aromatic carbocycles. The van der Waals surface area contributed by atoms with Crippen LogP contribution in [0.2, 0.25) is 0 Å². The first-order valence-corrected chi connectivity index (χ1v) is 4.60. The zero-order valence-corrected chi connectivity index (χ0v) is 8.01. The highest BCUT2D eigenvalue weighted by Crippen LogP contribution is 2.25. The molecule has 2 aromatic rings. The average molecular weight is 195 g/mol. The molecule has 2 heteroatoms. The maximum absolute atomic E-state index is 9.26. The van der Waals surface area contributed by atoms with Crippen molar-refractivity contribution in [1.29, 1.82) is 5.26 Å². The molecule has 15 heavy (non-hydrogen) atoms. The molecule has 0 heterocycles. The van der Waals surface area contributed by atoms with Gasteiger partial charge in [0.25, 0.3) is 0 Å². The molecular formula is C13H9NO. The molecule has 0 aliphatic rings. The first-order chi connectivity index (χ1) is 7.31. The van der Waals surface area contributed by atoms with Crippen molar-refractivity contribution in [2.45, 2.75) is 0 Å². The fourth-order valence-electron chi connectivity index (χ4n) is 1.49. The summed E-state index contributed by atoms with van der Waals surface area (Å²) in [5, 5.41) is 18.2. The molecule has 0 atom stereocenters. The van der Waals surface area contributed by atoms with E-state index in [-0.39, 0.29) is 5.75 Å². The summed E-state index contributed by atoms with van der Waals surface area (Å²) in [5.41, 5.74) is 2.31. The number of nitrogens with zero attached hydrogens (tertiary/aromatic N) is 1. The number of hydrogen-bond donors (Lipinski definition) is 1. The molecule has 0 fully saturated rings. The van der Waals surface area contributed by atoms with E-state index in [1.807, 2.05) is 30.3 Å². The summed E-state index contributed by atoms with van der Waals surface area (Å²) in [4.78, 5) is 0. The predicted octanol–water partition coefficient (Wildman–Crippen LogP) is 2.93. The van der Waals surface area contributed by atoms with E-state index in [0.717, 1.165) is 11.1 Å². The Balaban J connectivity index is 2.60. The van der Waals surface area contributed by atoms with Crippen LogP contribution in [0.25, 0.3) is 11.1 Å². The predicted molar refractivity (Wildman–Crippen MR) is 58.3 cm³/mol. The van der Waals surface area contributed by atoms with Gasteiger partial charge in [0.05, 0.1) is 11.6 Å². The molecule has 2 rings (SSSR count). The van der Waals surface area contributed by atoms with Crippen molar-refractivity contribution in [2.75, 3.05) is 0 Å². The summed E-state index contributed by atoms with van der Waals surface area (Å²) >= 11 is 0. The molecule has 0 aliphatic heterocycles. The highest BCUT2D eigenvalue weighted by Gasteiger charge is 2.04. The fourth-order valence-corrected chi connectivity index (χ4v) is 1.49. The van der Waals surface area contributed by atoms with Crippen molar-refractivity contribution < 1.29 is 5.11 Å². The highest BCUT2D eigenvalue weighted by molar-refractivity contribution is 5.71. The third-order valence-electron chi connectivity index (χ3n) is 2.21. The third-order valence-corrected chi connectivity index (χ3v) is 2.21. The zero-order chi connectivity index (χ0) is 10.7. The minimum absolute atomic E-state index is 0.117. The third kappa shape index (κ3) is 1.82. The van der Waals surface area contributed by atoms with Crippen LogP contribution >= 0.6 is 0 Å². The van der Waals surface area contributed by atoms with Gasteiger partial charge in [0.1, 0.15) is 5.75 Å². The van der Waals surface area contributed by atoms with Crippen LogP contribution in [0.3, 0.4) is 0 Å². The second-order valence-electron chi connectivity index (χ2n) is 3.21. The second-order valence-corrected chi connectivity index (χ2v) is 3.21. The number of phenols is 1. The average Bonchev–Trinajstić information content (AvgIpc) is 2.30. The molecule has 1 N–H and O–H groups in total. The summed E-state index contributed by atoms with van der Waals surface area (Å²) < 4.78 is 0. The summed E-state index contributed by atoms with van der Waals surface area (Å²) in [6.45, 7) is 0. The fraction of sp³-hybridized carbons (Fsp3) is 0. The first kappa shape index (κ1) is 9.29. The van der Waals surface area contributed by atoms with Crippen molar-refractivity contribution in [1.82, 2.24) is 0 Å². The Morgan fingerprint density at radius 1 is 1.00 bits per heavy atom. The largest absolute Gasteiger partial charge is 0.508 e. The molecule has 0 saturated carbocycles. The topological polar surface area (TPSA) is 44.0 Å². The van der Waals surface area contributed by atoms with Gasteiger partial charge >= 0.3 is 0 Å². The van der Waals surface area contributed by atoms with Gasteiger partial charge in [-0.3, -0.25) is 0 Å². The molecule has 0 saturated heterocycles. The molecule has 0 bridgehead atoms. The Kier molecular flexibility index (Phi) is 2.38. The molecule has 2 nitrogen and oxygen atoms in total. The van der Waals surface area contributed by atoms with Crippen molar-refractivity contribution in [2.24, 2.45) is 0 Å². The number of phenolic OH excluding ortho intramolecular Hbond substituents is 1. The molecule has 0 radical (unpaired) electrons. The molecule has 0 unspecified atom stereocenters. The van der Waals surface area contributed by atoms with E-state index in [1.54, 1.807) is 12.1 Å². The molecule has 72 valence electrons. The lowest BCUT2D eigenvalue weighted by Gasteiger charge is -2.03. The van der Waals surface area contributed by atoms with Crippen LogP contribution in [0.5, 0.6) is 5.75 Å². The number of hydrogen-bond acceptors (Lipinski definition) is 2. The van der Waals surface area contributed by atoms with Gasteiger partial charge in [-0.15, -0.1) is 0 Å². The summed E-state index contributed by atoms with van der Waals surface area (Å²) in [6.07, 6.45) is 0. The van der Waals surface area contributed by atoms with Gasteiger partial charge in [-0.2, -0.15) is 5.26 Å². The van der Waals surface area contributed by atoms with E-state index in [1.165, 1.54) is 6.07 Å². The first-order valence-electron chi connectivity index (χ1n) is 4.60. The maximum Gasteiger partial charge on any atom is 0.116 e. The summed E-state index contributed by atoms with van der Waals surface area (Å²) in [7, 11) is 0. The van der Waals surface area contributed by atoms with Crippen molar-refractivity contribution in [3.05, 3.63) is 54.1 Å². The van der Waals surface area contributed by atoms with Crippen LogP contribution in [0, 0.1) is 11.3 Å². The van der Waals surface area contributed by atoms with Crippen LogP contribution in [0.1, 0.15) is 5.56 Å². The lowest BCUT2D eigenvalue weighted by Crippen LogP contribution is -1.83. The van der Waals surface area contributed by atoms with E-state index >= 15 is 0 Å². The van der Waals surface area contributed by atoms with Crippen LogP contribution in [-0.2, 0) is 0 Å². The van der Waals surface area contributed by atoms with Gasteiger partial charge in [0.2, 0.25) is 0 Å². The molecule has 0 amide bonds.